The van der Waals surface area contributed by atoms with Crippen LogP contribution in [0.1, 0.15) is 17.8 Å². The molecule has 0 aliphatic heterocycles. The zero-order valence-corrected chi connectivity index (χ0v) is 19.1. The van der Waals surface area contributed by atoms with Gasteiger partial charge in [0, 0.05) is 22.2 Å². The minimum Gasteiger partial charge on any atom is -0.469 e. The zero-order chi connectivity index (χ0) is 23.3. The van der Waals surface area contributed by atoms with Gasteiger partial charge in [0.1, 0.15) is 11.6 Å². The van der Waals surface area contributed by atoms with E-state index in [2.05, 4.69) is 20.1 Å². The van der Waals surface area contributed by atoms with E-state index in [1.54, 1.807) is 24.3 Å². The van der Waals surface area contributed by atoms with E-state index in [9.17, 15) is 14.0 Å². The Morgan fingerprint density at radius 1 is 1.12 bits per heavy atom. The molecule has 0 aliphatic rings. The Kier molecular flexibility index (Phi) is 8.06. The first-order chi connectivity index (χ1) is 15.2. The summed E-state index contributed by atoms with van der Waals surface area (Å²) in [6.07, 6.45) is -0.0809. The number of hydrogen-bond donors (Lipinski definition) is 1. The third-order valence-electron chi connectivity index (χ3n) is 4.41. The van der Waals surface area contributed by atoms with Gasteiger partial charge in [0.25, 0.3) is 0 Å². The summed E-state index contributed by atoms with van der Waals surface area (Å²) in [6.45, 7) is 0.354. The molecule has 1 N–H and O–H groups in total. The van der Waals surface area contributed by atoms with Crippen molar-refractivity contribution in [2.24, 2.45) is 0 Å². The van der Waals surface area contributed by atoms with E-state index in [0.29, 0.717) is 21.4 Å². The van der Waals surface area contributed by atoms with Gasteiger partial charge in [-0.05, 0) is 42.0 Å². The number of nitrogens with one attached hydrogen (secondary N) is 1. The summed E-state index contributed by atoms with van der Waals surface area (Å²) in [6, 6.07) is 9.15. The minimum absolute atomic E-state index is 0.0282. The van der Waals surface area contributed by atoms with Crippen molar-refractivity contribution in [3.8, 4) is 11.4 Å². The van der Waals surface area contributed by atoms with Crippen molar-refractivity contribution in [1.29, 1.82) is 0 Å². The molecule has 0 spiro atoms. The number of amides is 1. The van der Waals surface area contributed by atoms with Crippen LogP contribution in [0.2, 0.25) is 15.1 Å². The second-order valence-electron chi connectivity index (χ2n) is 6.76. The van der Waals surface area contributed by atoms with Crippen molar-refractivity contribution >= 4 is 46.7 Å². The second-order valence-corrected chi connectivity index (χ2v) is 8.04. The van der Waals surface area contributed by atoms with E-state index in [1.807, 2.05) is 0 Å². The number of carbonyl (C=O) groups is 2. The molecule has 0 radical (unpaired) electrons. The van der Waals surface area contributed by atoms with E-state index in [0.717, 1.165) is 5.56 Å². The van der Waals surface area contributed by atoms with Gasteiger partial charge in [-0.1, -0.05) is 34.8 Å². The van der Waals surface area contributed by atoms with Gasteiger partial charge in [-0.25, -0.2) is 14.1 Å². The summed E-state index contributed by atoms with van der Waals surface area (Å²) in [5.74, 6) is -0.875. The summed E-state index contributed by atoms with van der Waals surface area (Å²) < 4.78 is 19.9. The molecule has 0 saturated carbocycles. The molecule has 11 heteroatoms. The number of esters is 1. The van der Waals surface area contributed by atoms with Crippen LogP contribution in [-0.4, -0.2) is 33.8 Å². The lowest BCUT2D eigenvalue weighted by Crippen LogP contribution is -2.26. The molecule has 32 heavy (non-hydrogen) atoms. The molecule has 0 unspecified atom stereocenters. The minimum atomic E-state index is -0.616. The lowest BCUT2D eigenvalue weighted by Gasteiger charge is -2.07. The number of ether oxygens (including phenoxy) is 1. The number of aromatic nitrogens is 3. The predicted octanol–water partition coefficient (Wildman–Crippen LogP) is 4.47. The Morgan fingerprint density at radius 2 is 1.84 bits per heavy atom. The first-order valence-corrected chi connectivity index (χ1v) is 10.6. The maximum atomic E-state index is 13.9. The number of methoxy groups -OCH3 is 1. The highest BCUT2D eigenvalue weighted by molar-refractivity contribution is 6.34. The van der Waals surface area contributed by atoms with Crippen LogP contribution in [0.3, 0.4) is 0 Å². The first kappa shape index (κ1) is 24.0. The van der Waals surface area contributed by atoms with Crippen molar-refractivity contribution < 1.29 is 18.7 Å². The van der Waals surface area contributed by atoms with E-state index >= 15 is 0 Å². The van der Waals surface area contributed by atoms with Crippen molar-refractivity contribution in [3.05, 3.63) is 68.7 Å². The van der Waals surface area contributed by atoms with Crippen LogP contribution in [0.25, 0.3) is 11.4 Å². The van der Waals surface area contributed by atoms with E-state index in [1.165, 1.54) is 23.9 Å². The third-order valence-corrected chi connectivity index (χ3v) is 5.16. The Balaban J connectivity index is 1.77. The molecule has 0 bridgehead atoms. The van der Waals surface area contributed by atoms with Crippen LogP contribution in [0.4, 0.5) is 4.39 Å². The van der Waals surface area contributed by atoms with Gasteiger partial charge in [0.2, 0.25) is 5.91 Å². The van der Waals surface area contributed by atoms with Crippen LogP contribution >= 0.6 is 34.8 Å². The summed E-state index contributed by atoms with van der Waals surface area (Å²) in [5, 5.41) is 7.99. The van der Waals surface area contributed by atoms with Gasteiger partial charge >= 0.3 is 5.97 Å². The zero-order valence-electron chi connectivity index (χ0n) is 16.9. The van der Waals surface area contributed by atoms with Gasteiger partial charge in [-0.15, -0.1) is 0 Å². The molecule has 168 valence electrons. The molecule has 1 amide bonds. The number of carbonyl (C=O) groups excluding carboxylic acids is 2. The lowest BCUT2D eigenvalue weighted by molar-refractivity contribution is -0.140. The maximum Gasteiger partial charge on any atom is 0.307 e. The molecular weight excluding hydrogens is 482 g/mol. The number of hydrogen-bond acceptors (Lipinski definition) is 5. The van der Waals surface area contributed by atoms with Gasteiger partial charge in [0.05, 0.1) is 31.5 Å². The largest absolute Gasteiger partial charge is 0.469 e. The van der Waals surface area contributed by atoms with Crippen molar-refractivity contribution in [2.45, 2.75) is 25.9 Å². The summed E-state index contributed by atoms with van der Waals surface area (Å²) in [7, 11) is 1.28. The lowest BCUT2D eigenvalue weighted by atomic mass is 10.2. The van der Waals surface area contributed by atoms with Crippen LogP contribution in [0.5, 0.6) is 0 Å². The molecule has 3 aromatic rings. The Morgan fingerprint density at radius 3 is 2.50 bits per heavy atom. The Bertz CT molecular complexity index is 1130. The van der Waals surface area contributed by atoms with E-state index in [4.69, 9.17) is 34.8 Å². The van der Waals surface area contributed by atoms with Gasteiger partial charge in [-0.2, -0.15) is 5.10 Å². The normalized spacial score (nSPS) is 10.8. The summed E-state index contributed by atoms with van der Waals surface area (Å²) in [4.78, 5) is 28.4. The molecule has 0 aliphatic carbocycles. The number of benzene rings is 2. The maximum absolute atomic E-state index is 13.9. The number of halogens is 4. The monoisotopic (exact) mass is 498 g/mol. The van der Waals surface area contributed by atoms with Crippen molar-refractivity contribution in [3.63, 3.8) is 0 Å². The molecule has 3 rings (SSSR count). The number of nitrogens with zero attached hydrogens (tertiary/aromatic N) is 3. The highest BCUT2D eigenvalue weighted by atomic mass is 35.5. The molecule has 1 aromatic heterocycles. The standard InChI is InChI=1S/C21H18Cl3FN4O3/c1-32-20(31)4-5-29-18(27-21(28-29)13-2-3-16(24)17(25)8-13)10-19(30)26-11-12-6-14(22)9-15(23)7-12/h2-3,6-9H,4-5,10-11H2,1H3,(H,26,30). The predicted molar refractivity (Wildman–Crippen MR) is 119 cm³/mol. The molecule has 0 saturated heterocycles. The van der Waals surface area contributed by atoms with Crippen molar-refractivity contribution in [1.82, 2.24) is 20.1 Å². The van der Waals surface area contributed by atoms with E-state index in [-0.39, 0.29) is 42.7 Å². The fourth-order valence-electron chi connectivity index (χ4n) is 2.86. The third kappa shape index (κ3) is 6.41. The second kappa shape index (κ2) is 10.8. The fraction of sp³-hybridized carbons (Fsp3) is 0.238. The Labute approximate surface area is 198 Å². The molecule has 1 heterocycles. The van der Waals surface area contributed by atoms with Gasteiger partial charge < -0.3 is 10.1 Å². The number of rotatable bonds is 8. The quantitative estimate of drug-likeness (QED) is 0.462. The smallest absolute Gasteiger partial charge is 0.307 e. The summed E-state index contributed by atoms with van der Waals surface area (Å²) in [5.41, 5.74) is 1.12. The van der Waals surface area contributed by atoms with Crippen molar-refractivity contribution in [2.75, 3.05) is 7.11 Å². The van der Waals surface area contributed by atoms with Crippen LogP contribution in [0.15, 0.2) is 36.4 Å². The molecule has 2 aromatic carbocycles. The van der Waals surface area contributed by atoms with Crippen LogP contribution in [0, 0.1) is 5.82 Å². The average molecular weight is 500 g/mol. The highest BCUT2D eigenvalue weighted by Gasteiger charge is 2.17. The highest BCUT2D eigenvalue weighted by Crippen LogP contribution is 2.23. The van der Waals surface area contributed by atoms with Crippen LogP contribution < -0.4 is 5.32 Å². The Hall–Kier alpha value is -2.68. The molecule has 7 nitrogen and oxygen atoms in total. The molecule has 0 fully saturated rings. The molecular formula is C21H18Cl3FN4O3. The number of aryl methyl sites for hydroxylation is 1. The first-order valence-electron chi connectivity index (χ1n) is 9.43. The SMILES string of the molecule is COC(=O)CCn1nc(-c2ccc(Cl)c(F)c2)nc1CC(=O)NCc1cc(Cl)cc(Cl)c1. The van der Waals surface area contributed by atoms with E-state index < -0.39 is 11.8 Å². The summed E-state index contributed by atoms with van der Waals surface area (Å²) >= 11 is 17.7. The average Bonchev–Trinajstić information content (AvgIpc) is 3.14. The van der Waals surface area contributed by atoms with Crippen LogP contribution in [-0.2, 0) is 33.8 Å². The van der Waals surface area contributed by atoms with Gasteiger partial charge in [-0.3, -0.25) is 9.59 Å². The van der Waals surface area contributed by atoms with Gasteiger partial charge in [0.15, 0.2) is 5.82 Å². The fourth-order valence-corrected chi connectivity index (χ4v) is 3.55. The topological polar surface area (TPSA) is 86.1 Å². The molecule has 0 atom stereocenters.